The summed E-state index contributed by atoms with van der Waals surface area (Å²) in [5, 5.41) is 7.93. The molecule has 0 saturated carbocycles. The van der Waals surface area contributed by atoms with Crippen molar-refractivity contribution in [3.8, 4) is 0 Å². The van der Waals surface area contributed by atoms with Crippen molar-refractivity contribution < 1.29 is 13.2 Å². The molecule has 0 spiro atoms. The maximum absolute atomic E-state index is 12.0. The maximum Gasteiger partial charge on any atom is 0.253 e. The fourth-order valence-electron chi connectivity index (χ4n) is 1.32. The highest BCUT2D eigenvalue weighted by Crippen LogP contribution is 2.28. The van der Waals surface area contributed by atoms with Gasteiger partial charge in [0.05, 0.1) is 15.5 Å². The Morgan fingerprint density at radius 2 is 2.11 bits per heavy atom. The minimum Gasteiger partial charge on any atom is -0.350 e. The van der Waals surface area contributed by atoms with Crippen molar-refractivity contribution in [1.29, 1.82) is 0 Å². The summed E-state index contributed by atoms with van der Waals surface area (Å²) in [5.41, 5.74) is 0.0780. The summed E-state index contributed by atoms with van der Waals surface area (Å²) < 4.78 is 23.0. The quantitative estimate of drug-likeness (QED) is 0.853. The first-order valence-corrected chi connectivity index (χ1v) is 8.21. The van der Waals surface area contributed by atoms with Gasteiger partial charge < -0.3 is 5.32 Å². The molecule has 1 unspecified atom stereocenters. The Morgan fingerprint density at radius 1 is 1.53 bits per heavy atom. The lowest BCUT2D eigenvalue weighted by Crippen LogP contribution is -2.32. The van der Waals surface area contributed by atoms with E-state index in [2.05, 4.69) is 21.2 Å². The van der Waals surface area contributed by atoms with E-state index in [1.165, 1.54) is 12.1 Å². The van der Waals surface area contributed by atoms with E-state index in [4.69, 9.17) is 16.7 Å². The van der Waals surface area contributed by atoms with E-state index < -0.39 is 15.9 Å². The van der Waals surface area contributed by atoms with E-state index in [9.17, 15) is 13.2 Å². The summed E-state index contributed by atoms with van der Waals surface area (Å²) in [7, 11) is -3.93. The molecule has 1 aromatic rings. The van der Waals surface area contributed by atoms with Gasteiger partial charge in [0.1, 0.15) is 0 Å². The number of sulfonamides is 1. The number of rotatable bonds is 4. The van der Waals surface area contributed by atoms with Gasteiger partial charge in [0, 0.05) is 10.5 Å². The summed E-state index contributed by atoms with van der Waals surface area (Å²) in [5.74, 6) is -0.434. The van der Waals surface area contributed by atoms with E-state index in [1.807, 2.05) is 13.8 Å². The molecule has 0 fully saturated rings. The van der Waals surface area contributed by atoms with Crippen LogP contribution in [0, 0.1) is 0 Å². The Kier molecular flexibility index (Phi) is 5.37. The monoisotopic (exact) mass is 368 g/mol. The van der Waals surface area contributed by atoms with Gasteiger partial charge in [0.2, 0.25) is 10.0 Å². The average Bonchev–Trinajstić information content (AvgIpc) is 2.26. The molecule has 1 amide bonds. The number of benzene rings is 1. The second-order valence-electron chi connectivity index (χ2n) is 4.09. The summed E-state index contributed by atoms with van der Waals surface area (Å²) in [4.78, 5) is 11.8. The summed E-state index contributed by atoms with van der Waals surface area (Å²) in [6, 6.07) is 2.47. The minimum absolute atomic E-state index is 0.0369. The normalized spacial score (nSPS) is 13.1. The van der Waals surface area contributed by atoms with Gasteiger partial charge in [-0.3, -0.25) is 4.79 Å². The zero-order valence-corrected chi connectivity index (χ0v) is 13.6. The fourth-order valence-corrected chi connectivity index (χ4v) is 3.34. The van der Waals surface area contributed by atoms with Crippen LogP contribution in [0.25, 0.3) is 0 Å². The third kappa shape index (κ3) is 4.17. The predicted molar refractivity (Wildman–Crippen MR) is 77.7 cm³/mol. The average molecular weight is 370 g/mol. The Bertz CT molecular complexity index is 604. The van der Waals surface area contributed by atoms with Crippen molar-refractivity contribution >= 4 is 43.5 Å². The molecule has 0 aliphatic rings. The molecular formula is C11H14BrClN2O3S. The Morgan fingerprint density at radius 3 is 2.58 bits per heavy atom. The standard InChI is InChI=1S/C11H14BrClN2O3S/c1-3-6(2)15-11(16)7-4-10(19(14,17)18)8(12)5-9(7)13/h4-6H,3H2,1-2H3,(H,15,16)(H2,14,17,18). The second-order valence-corrected chi connectivity index (χ2v) is 6.88. The zero-order chi connectivity index (χ0) is 14.8. The molecule has 0 heterocycles. The Hall–Kier alpha value is -0.630. The number of hydrogen-bond donors (Lipinski definition) is 2. The molecule has 0 aromatic heterocycles. The maximum atomic E-state index is 12.0. The Balaban J connectivity index is 3.26. The van der Waals surface area contributed by atoms with Crippen LogP contribution in [0.3, 0.4) is 0 Å². The first-order chi connectivity index (χ1) is 8.66. The van der Waals surface area contributed by atoms with Crippen molar-refractivity contribution in [2.75, 3.05) is 0 Å². The van der Waals surface area contributed by atoms with Crippen LogP contribution < -0.4 is 10.5 Å². The lowest BCUT2D eigenvalue weighted by atomic mass is 10.2. The number of nitrogens with one attached hydrogen (secondary N) is 1. The first kappa shape index (κ1) is 16.4. The molecule has 0 bridgehead atoms. The fraction of sp³-hybridized carbons (Fsp3) is 0.364. The lowest BCUT2D eigenvalue weighted by Gasteiger charge is -2.13. The highest BCUT2D eigenvalue weighted by molar-refractivity contribution is 9.10. The van der Waals surface area contributed by atoms with E-state index in [1.54, 1.807) is 0 Å². The van der Waals surface area contributed by atoms with E-state index >= 15 is 0 Å². The predicted octanol–water partition coefficient (Wildman–Crippen LogP) is 2.28. The molecule has 8 heteroatoms. The molecule has 19 heavy (non-hydrogen) atoms. The van der Waals surface area contributed by atoms with Gasteiger partial charge in [0.25, 0.3) is 5.91 Å². The van der Waals surface area contributed by atoms with Gasteiger partial charge in [-0.25, -0.2) is 13.6 Å². The third-order valence-corrected chi connectivity index (χ3v) is 4.74. The van der Waals surface area contributed by atoms with Gasteiger partial charge in [-0.15, -0.1) is 0 Å². The van der Waals surface area contributed by atoms with Crippen LogP contribution in [-0.4, -0.2) is 20.4 Å². The Labute approximate surface area is 125 Å². The number of carbonyl (C=O) groups is 1. The number of amides is 1. The largest absolute Gasteiger partial charge is 0.350 e. The van der Waals surface area contributed by atoms with E-state index in [0.717, 1.165) is 6.42 Å². The highest BCUT2D eigenvalue weighted by atomic mass is 79.9. The van der Waals surface area contributed by atoms with Gasteiger partial charge in [-0.2, -0.15) is 0 Å². The molecule has 0 aliphatic carbocycles. The third-order valence-electron chi connectivity index (χ3n) is 2.56. The number of halogens is 2. The van der Waals surface area contributed by atoms with Crippen LogP contribution in [0.4, 0.5) is 0 Å². The van der Waals surface area contributed by atoms with Crippen molar-refractivity contribution in [3.63, 3.8) is 0 Å². The number of primary sulfonamides is 1. The first-order valence-electron chi connectivity index (χ1n) is 5.49. The van der Waals surface area contributed by atoms with Crippen LogP contribution in [0.2, 0.25) is 5.02 Å². The summed E-state index contributed by atoms with van der Waals surface area (Å²) in [6.07, 6.45) is 0.752. The molecule has 0 aliphatic heterocycles. The molecule has 3 N–H and O–H groups in total. The van der Waals surface area contributed by atoms with Gasteiger partial charge in [-0.1, -0.05) is 18.5 Å². The number of nitrogens with two attached hydrogens (primary N) is 1. The molecule has 1 atom stereocenters. The molecule has 5 nitrogen and oxygen atoms in total. The van der Waals surface area contributed by atoms with Crippen LogP contribution in [0.1, 0.15) is 30.6 Å². The smallest absolute Gasteiger partial charge is 0.253 e. The molecular weight excluding hydrogens is 356 g/mol. The van der Waals surface area contributed by atoms with Crippen LogP contribution >= 0.6 is 27.5 Å². The second kappa shape index (κ2) is 6.21. The number of carbonyl (C=O) groups excluding carboxylic acids is 1. The van der Waals surface area contributed by atoms with Crippen LogP contribution in [0.5, 0.6) is 0 Å². The molecule has 1 rings (SSSR count). The zero-order valence-electron chi connectivity index (χ0n) is 10.4. The summed E-state index contributed by atoms with van der Waals surface area (Å²) in [6.45, 7) is 3.76. The van der Waals surface area contributed by atoms with E-state index in [0.29, 0.717) is 0 Å². The van der Waals surface area contributed by atoms with Gasteiger partial charge in [0.15, 0.2) is 0 Å². The molecule has 0 radical (unpaired) electrons. The minimum atomic E-state index is -3.93. The van der Waals surface area contributed by atoms with Gasteiger partial charge >= 0.3 is 0 Å². The van der Waals surface area contributed by atoms with Crippen molar-refractivity contribution in [2.45, 2.75) is 31.2 Å². The van der Waals surface area contributed by atoms with Crippen LogP contribution in [0.15, 0.2) is 21.5 Å². The van der Waals surface area contributed by atoms with Crippen molar-refractivity contribution in [2.24, 2.45) is 5.14 Å². The highest BCUT2D eigenvalue weighted by Gasteiger charge is 2.20. The molecule has 106 valence electrons. The van der Waals surface area contributed by atoms with Crippen molar-refractivity contribution in [3.05, 3.63) is 27.2 Å². The van der Waals surface area contributed by atoms with E-state index in [-0.39, 0.29) is 26.0 Å². The van der Waals surface area contributed by atoms with Crippen LogP contribution in [-0.2, 0) is 10.0 Å². The topological polar surface area (TPSA) is 89.3 Å². The summed E-state index contributed by atoms with van der Waals surface area (Å²) >= 11 is 9.00. The lowest BCUT2D eigenvalue weighted by molar-refractivity contribution is 0.0939. The van der Waals surface area contributed by atoms with Crippen molar-refractivity contribution in [1.82, 2.24) is 5.32 Å². The number of hydrogen-bond acceptors (Lipinski definition) is 3. The molecule has 1 aromatic carbocycles. The molecule has 0 saturated heterocycles. The SMILES string of the molecule is CCC(C)NC(=O)c1cc(S(N)(=O)=O)c(Br)cc1Cl. The van der Waals surface area contributed by atoms with Gasteiger partial charge in [-0.05, 0) is 41.4 Å².